The third-order valence-corrected chi connectivity index (χ3v) is 10.2. The molecule has 45 heavy (non-hydrogen) atoms. The number of aromatic hydroxyl groups is 1. The van der Waals surface area contributed by atoms with Gasteiger partial charge in [-0.05, 0) is 111 Å². The highest BCUT2D eigenvalue weighted by atomic mass is 16.5. The number of fused-ring (bicyclic) bond motifs is 8. The van der Waals surface area contributed by atoms with Crippen LogP contribution in [-0.2, 0) is 11.8 Å². The van der Waals surface area contributed by atoms with Gasteiger partial charge in [0.2, 0.25) is 0 Å². The lowest BCUT2D eigenvalue weighted by molar-refractivity contribution is -0.0453. The van der Waals surface area contributed by atoms with Gasteiger partial charge in [0, 0.05) is 45.0 Å². The van der Waals surface area contributed by atoms with Crippen molar-refractivity contribution >= 4 is 46.4 Å². The largest absolute Gasteiger partial charge is 0.504 e. The molecular weight excluding hydrogens is 562 g/mol. The number of aliphatic hydroxyl groups excluding tert-OH is 1. The van der Waals surface area contributed by atoms with Crippen LogP contribution in [0, 0.1) is 5.92 Å². The summed E-state index contributed by atoms with van der Waals surface area (Å²) < 4.78 is 6.09. The molecule has 4 aromatic rings. The van der Waals surface area contributed by atoms with Crippen LogP contribution in [-0.4, -0.2) is 66.9 Å². The molecule has 5 atom stereocenters. The second-order valence-corrected chi connectivity index (χ2v) is 12.8. The highest BCUT2D eigenvalue weighted by Gasteiger charge is 2.64. The molecule has 10 bridgehead atoms. The normalized spacial score (nSPS) is 26.6. The van der Waals surface area contributed by atoms with Crippen molar-refractivity contribution in [1.82, 2.24) is 24.8 Å². The van der Waals surface area contributed by atoms with Crippen LogP contribution in [0.5, 0.6) is 11.5 Å². The van der Waals surface area contributed by atoms with Crippen molar-refractivity contribution < 1.29 is 14.9 Å². The molecule has 2 aliphatic carbocycles. The number of nitrogens with one attached hydrogen (secondary N) is 2. The summed E-state index contributed by atoms with van der Waals surface area (Å²) in [6, 6.07) is 20.6. The summed E-state index contributed by atoms with van der Waals surface area (Å²) in [7, 11) is 2.19. The van der Waals surface area contributed by atoms with Crippen LogP contribution in [0.4, 0.5) is 0 Å². The molecule has 1 fully saturated rings. The van der Waals surface area contributed by atoms with Gasteiger partial charge < -0.3 is 29.8 Å². The molecule has 7 heterocycles. The number of ether oxygens (including phenoxy) is 1. The predicted octanol–water partition coefficient (Wildman–Crippen LogP) is 5.85. The zero-order chi connectivity index (χ0) is 30.3. The molecule has 1 saturated heterocycles. The van der Waals surface area contributed by atoms with Crippen LogP contribution >= 0.6 is 0 Å². The van der Waals surface area contributed by atoms with Crippen molar-refractivity contribution in [2.45, 2.75) is 36.5 Å². The fraction of sp³-hybridized carbons (Fsp3) is 0.243. The Labute approximate surface area is 260 Å². The number of phenols is 1. The monoisotopic (exact) mass is 595 g/mol. The Morgan fingerprint density at radius 2 is 1.36 bits per heavy atom. The number of benzene rings is 1. The molecular formula is C37H33N5O3. The van der Waals surface area contributed by atoms with Gasteiger partial charge in [-0.25, -0.2) is 9.97 Å². The van der Waals surface area contributed by atoms with E-state index in [1.807, 2.05) is 60.7 Å². The fourth-order valence-corrected chi connectivity index (χ4v) is 8.18. The van der Waals surface area contributed by atoms with E-state index in [2.05, 4.69) is 62.2 Å². The number of hydrogen-bond donors (Lipinski definition) is 4. The van der Waals surface area contributed by atoms with E-state index in [-0.39, 0.29) is 17.3 Å². The highest BCUT2D eigenvalue weighted by molar-refractivity contribution is 5.77. The van der Waals surface area contributed by atoms with Crippen LogP contribution in [0.2, 0.25) is 0 Å². The lowest BCUT2D eigenvalue weighted by atomic mass is 9.53. The van der Waals surface area contributed by atoms with Gasteiger partial charge in [0.05, 0.1) is 22.8 Å². The first kappa shape index (κ1) is 26.5. The molecule has 1 aromatic carbocycles. The molecule has 1 spiro atoms. The van der Waals surface area contributed by atoms with Gasteiger partial charge >= 0.3 is 0 Å². The van der Waals surface area contributed by atoms with E-state index in [1.165, 1.54) is 11.1 Å². The average Bonchev–Trinajstić information content (AvgIpc) is 3.86. The summed E-state index contributed by atoms with van der Waals surface area (Å²) in [5.41, 5.74) is 10.2. The van der Waals surface area contributed by atoms with Crippen molar-refractivity contribution in [2.75, 3.05) is 13.6 Å². The number of piperidine rings is 1. The minimum Gasteiger partial charge on any atom is -0.504 e. The Morgan fingerprint density at radius 3 is 1.91 bits per heavy atom. The van der Waals surface area contributed by atoms with Crippen LogP contribution in [0.25, 0.3) is 46.4 Å². The van der Waals surface area contributed by atoms with Crippen LogP contribution in [0.3, 0.4) is 0 Å². The Bertz CT molecular complexity index is 1950. The number of phenolic OH excluding ortho intramolecular Hbond substituents is 1. The highest BCUT2D eigenvalue weighted by Crippen LogP contribution is 2.62. The minimum absolute atomic E-state index is 0.160. The van der Waals surface area contributed by atoms with E-state index >= 15 is 0 Å². The summed E-state index contributed by atoms with van der Waals surface area (Å²) in [5, 5.41) is 20.6. The Morgan fingerprint density at radius 1 is 0.800 bits per heavy atom. The summed E-state index contributed by atoms with van der Waals surface area (Å²) in [6.45, 7) is 1.01. The quantitative estimate of drug-likeness (QED) is 0.164. The Kier molecular flexibility index (Phi) is 5.76. The maximum atomic E-state index is 10.4. The molecule has 4 N–H and O–H groups in total. The Hall–Kier alpha value is -4.92. The van der Waals surface area contributed by atoms with Crippen LogP contribution in [0.15, 0.2) is 72.8 Å². The molecule has 8 heteroatoms. The molecule has 6 aliphatic rings. The summed E-state index contributed by atoms with van der Waals surface area (Å²) in [6.07, 6.45) is 13.3. The van der Waals surface area contributed by atoms with Gasteiger partial charge in [0.1, 0.15) is 12.2 Å². The molecule has 0 saturated carbocycles. The molecule has 224 valence electrons. The molecule has 3 aromatic heterocycles. The van der Waals surface area contributed by atoms with E-state index in [4.69, 9.17) is 4.74 Å². The molecule has 4 aliphatic heterocycles. The first-order valence-corrected chi connectivity index (χ1v) is 15.6. The molecule has 0 radical (unpaired) electrons. The zero-order valence-corrected chi connectivity index (χ0v) is 24.8. The molecule has 8 nitrogen and oxygen atoms in total. The van der Waals surface area contributed by atoms with Crippen LogP contribution < -0.4 is 4.74 Å². The van der Waals surface area contributed by atoms with E-state index in [0.717, 1.165) is 64.2 Å². The maximum Gasteiger partial charge on any atom is 0.165 e. The van der Waals surface area contributed by atoms with Gasteiger partial charge in [0.25, 0.3) is 0 Å². The number of H-pyrrole nitrogens is 2. The number of aliphatic hydroxyl groups is 1. The van der Waals surface area contributed by atoms with Crippen molar-refractivity contribution in [3.63, 3.8) is 0 Å². The molecule has 0 amide bonds. The van der Waals surface area contributed by atoms with E-state index in [0.29, 0.717) is 17.7 Å². The topological polar surface area (TPSA) is 110 Å². The van der Waals surface area contributed by atoms with Crippen molar-refractivity contribution in [2.24, 2.45) is 5.92 Å². The number of nitrogens with zero attached hydrogens (tertiary/aromatic N) is 3. The van der Waals surface area contributed by atoms with E-state index in [9.17, 15) is 10.2 Å². The molecule has 2 unspecified atom stereocenters. The predicted molar refractivity (Wildman–Crippen MR) is 176 cm³/mol. The lowest BCUT2D eigenvalue weighted by Gasteiger charge is -2.56. The van der Waals surface area contributed by atoms with Gasteiger partial charge in [0.15, 0.2) is 11.5 Å². The van der Waals surface area contributed by atoms with E-state index in [1.54, 1.807) is 6.07 Å². The fourth-order valence-electron chi connectivity index (χ4n) is 8.18. The minimum atomic E-state index is -0.594. The second-order valence-electron chi connectivity index (χ2n) is 12.8. The van der Waals surface area contributed by atoms with Gasteiger partial charge in [-0.3, -0.25) is 0 Å². The van der Waals surface area contributed by atoms with E-state index < -0.39 is 6.10 Å². The van der Waals surface area contributed by atoms with Gasteiger partial charge in [-0.2, -0.15) is 0 Å². The SMILES string of the molecule is C1=Cc2cc3ccc(cc4nc(cc5ccc(cc1n2)[nH]5)C=C4)[nH]3.CN1CC[C@]23c4c5ccc(O)c4OC2C(O)C=C[C@H]3[C@H]1C5. The van der Waals surface area contributed by atoms with Crippen molar-refractivity contribution in [3.8, 4) is 11.5 Å². The average molecular weight is 596 g/mol. The van der Waals surface area contributed by atoms with Crippen LogP contribution in [0.1, 0.15) is 40.3 Å². The third kappa shape index (κ3) is 4.20. The Balaban J connectivity index is 0.000000126. The third-order valence-electron chi connectivity index (χ3n) is 10.2. The number of likely N-dealkylation sites (tertiary alicyclic amines) is 1. The standard InChI is InChI=1S/C20H14N4.C17H19NO3/c1-2-14-10-16-5-6-18(23-16)12-20-8-7-19(24-20)11-17-4-3-15(22-17)9-13(1)21-14;1-18-7-6-17-10-3-5-13(20)16(17)21-15-12(19)4-2-9(14(15)17)8-11(10)18/h1-12,21,24H;2-5,10-11,13,16,19-20H,6-8H2,1H3/t;10-,11+,13?,16?,17-/m.0/s1. The number of hydrogen-bond acceptors (Lipinski definition) is 6. The number of rotatable bonds is 0. The lowest BCUT2D eigenvalue weighted by Crippen LogP contribution is -2.64. The summed E-state index contributed by atoms with van der Waals surface area (Å²) in [4.78, 5) is 18.5. The first-order valence-electron chi connectivity index (χ1n) is 15.6. The summed E-state index contributed by atoms with van der Waals surface area (Å²) in [5.74, 6) is 1.19. The van der Waals surface area contributed by atoms with Crippen molar-refractivity contribution in [3.05, 3.63) is 107 Å². The first-order chi connectivity index (χ1) is 21.9. The number of likely N-dealkylation sites (N-methyl/N-ethyl adjacent to an activating group) is 1. The van der Waals surface area contributed by atoms with Gasteiger partial charge in [-0.1, -0.05) is 18.2 Å². The molecule has 10 rings (SSSR count). The van der Waals surface area contributed by atoms with Crippen molar-refractivity contribution in [1.29, 1.82) is 0 Å². The number of aromatic amines is 2. The smallest absolute Gasteiger partial charge is 0.165 e. The second kappa shape index (κ2) is 9.79. The van der Waals surface area contributed by atoms with Gasteiger partial charge in [-0.15, -0.1) is 0 Å². The number of aromatic nitrogens is 4. The summed E-state index contributed by atoms with van der Waals surface area (Å²) >= 11 is 0. The maximum absolute atomic E-state index is 10.4. The zero-order valence-electron chi connectivity index (χ0n) is 24.8.